The molecule has 1 unspecified atom stereocenters. The Morgan fingerprint density at radius 2 is 1.89 bits per heavy atom. The average molecular weight is 256 g/mol. The number of carbonyl (C=O) groups is 1. The quantitative estimate of drug-likeness (QED) is 0.878. The fourth-order valence-electron chi connectivity index (χ4n) is 1.67. The number of anilines is 1. The maximum Gasteiger partial charge on any atom is 0.271 e. The van der Waals surface area contributed by atoms with Crippen molar-refractivity contribution >= 4 is 11.7 Å². The number of benzene rings is 1. The second kappa shape index (κ2) is 5.95. The van der Waals surface area contributed by atoms with E-state index in [1.165, 1.54) is 12.4 Å². The molecule has 19 heavy (non-hydrogen) atoms. The number of amides is 1. The Hall–Kier alpha value is -2.43. The fraction of sp³-hybridized carbons (Fsp3) is 0.214. The topological polar surface area (TPSA) is 66.9 Å². The van der Waals surface area contributed by atoms with Crippen molar-refractivity contribution in [3.8, 4) is 0 Å². The lowest BCUT2D eigenvalue weighted by Crippen LogP contribution is -2.27. The molecule has 1 aromatic heterocycles. The van der Waals surface area contributed by atoms with Gasteiger partial charge in [-0.25, -0.2) is 9.97 Å². The standard InChI is InChI=1S/C14H16N4O/c1-10(11-6-4-3-5-7-11)18-14(19)12-8-17-13(15-2)9-16-12/h3-10H,1-2H3,(H,15,17)(H,18,19). The van der Waals surface area contributed by atoms with E-state index in [0.29, 0.717) is 11.5 Å². The lowest BCUT2D eigenvalue weighted by Gasteiger charge is -2.13. The van der Waals surface area contributed by atoms with Crippen molar-refractivity contribution in [3.63, 3.8) is 0 Å². The Bertz CT molecular complexity index is 539. The summed E-state index contributed by atoms with van der Waals surface area (Å²) < 4.78 is 0. The van der Waals surface area contributed by atoms with Crippen LogP contribution in [0.25, 0.3) is 0 Å². The van der Waals surface area contributed by atoms with Crippen molar-refractivity contribution in [1.29, 1.82) is 0 Å². The maximum atomic E-state index is 12.0. The van der Waals surface area contributed by atoms with Gasteiger partial charge in [-0.2, -0.15) is 0 Å². The molecule has 1 atom stereocenters. The van der Waals surface area contributed by atoms with Crippen LogP contribution in [0.2, 0.25) is 0 Å². The second-order valence-corrected chi connectivity index (χ2v) is 4.14. The predicted molar refractivity (Wildman–Crippen MR) is 73.9 cm³/mol. The molecule has 2 aromatic rings. The third-order valence-corrected chi connectivity index (χ3v) is 2.79. The number of hydrogen-bond acceptors (Lipinski definition) is 4. The Kier molecular flexibility index (Phi) is 4.07. The SMILES string of the molecule is CNc1cnc(C(=O)NC(C)c2ccccc2)cn1. The highest BCUT2D eigenvalue weighted by molar-refractivity contribution is 5.92. The molecule has 5 heteroatoms. The molecule has 0 saturated heterocycles. The van der Waals surface area contributed by atoms with E-state index >= 15 is 0 Å². The van der Waals surface area contributed by atoms with E-state index in [2.05, 4.69) is 20.6 Å². The van der Waals surface area contributed by atoms with Gasteiger partial charge in [0.05, 0.1) is 18.4 Å². The molecule has 5 nitrogen and oxygen atoms in total. The lowest BCUT2D eigenvalue weighted by atomic mass is 10.1. The van der Waals surface area contributed by atoms with Crippen LogP contribution in [-0.2, 0) is 0 Å². The third-order valence-electron chi connectivity index (χ3n) is 2.79. The van der Waals surface area contributed by atoms with E-state index in [9.17, 15) is 4.79 Å². The van der Waals surface area contributed by atoms with Crippen LogP contribution < -0.4 is 10.6 Å². The third kappa shape index (κ3) is 3.28. The van der Waals surface area contributed by atoms with Gasteiger partial charge in [0, 0.05) is 7.05 Å². The van der Waals surface area contributed by atoms with Crippen molar-refractivity contribution in [2.75, 3.05) is 12.4 Å². The number of aromatic nitrogens is 2. The molecule has 0 radical (unpaired) electrons. The van der Waals surface area contributed by atoms with E-state index < -0.39 is 0 Å². The van der Waals surface area contributed by atoms with Gasteiger partial charge >= 0.3 is 0 Å². The van der Waals surface area contributed by atoms with Crippen LogP contribution in [0.4, 0.5) is 5.82 Å². The van der Waals surface area contributed by atoms with Crippen LogP contribution in [0.15, 0.2) is 42.7 Å². The first kappa shape index (κ1) is 13.0. The molecule has 0 aliphatic rings. The van der Waals surface area contributed by atoms with Crippen LogP contribution in [0.3, 0.4) is 0 Å². The van der Waals surface area contributed by atoms with Crippen molar-refractivity contribution in [2.45, 2.75) is 13.0 Å². The zero-order valence-electron chi connectivity index (χ0n) is 10.9. The summed E-state index contributed by atoms with van der Waals surface area (Å²) in [5.41, 5.74) is 1.36. The molecular weight excluding hydrogens is 240 g/mol. The summed E-state index contributed by atoms with van der Waals surface area (Å²) in [5, 5.41) is 5.74. The Morgan fingerprint density at radius 3 is 2.47 bits per heavy atom. The number of nitrogens with one attached hydrogen (secondary N) is 2. The number of rotatable bonds is 4. The molecule has 2 rings (SSSR count). The maximum absolute atomic E-state index is 12.0. The van der Waals surface area contributed by atoms with Gasteiger partial charge in [0.1, 0.15) is 11.5 Å². The molecule has 0 fully saturated rings. The van der Waals surface area contributed by atoms with Gasteiger partial charge in [-0.1, -0.05) is 30.3 Å². The van der Waals surface area contributed by atoms with Gasteiger partial charge in [0.15, 0.2) is 0 Å². The van der Waals surface area contributed by atoms with Crippen molar-refractivity contribution in [2.24, 2.45) is 0 Å². The van der Waals surface area contributed by atoms with Crippen LogP contribution in [0.5, 0.6) is 0 Å². The Morgan fingerprint density at radius 1 is 1.16 bits per heavy atom. The average Bonchev–Trinajstić information content (AvgIpc) is 2.48. The van der Waals surface area contributed by atoms with Gasteiger partial charge in [-0.3, -0.25) is 4.79 Å². The molecule has 1 aromatic carbocycles. The molecule has 0 bridgehead atoms. The van der Waals surface area contributed by atoms with E-state index in [-0.39, 0.29) is 11.9 Å². The van der Waals surface area contributed by atoms with Crippen LogP contribution in [0, 0.1) is 0 Å². The number of nitrogens with zero attached hydrogens (tertiary/aromatic N) is 2. The molecule has 0 spiro atoms. The van der Waals surface area contributed by atoms with Gasteiger partial charge in [0.2, 0.25) is 0 Å². The summed E-state index contributed by atoms with van der Waals surface area (Å²) in [6.07, 6.45) is 2.99. The molecular formula is C14H16N4O. The van der Waals surface area contributed by atoms with Crippen molar-refractivity contribution in [3.05, 3.63) is 54.0 Å². The summed E-state index contributed by atoms with van der Waals surface area (Å²) >= 11 is 0. The second-order valence-electron chi connectivity index (χ2n) is 4.14. The molecule has 1 heterocycles. The highest BCUT2D eigenvalue weighted by atomic mass is 16.1. The zero-order chi connectivity index (χ0) is 13.7. The summed E-state index contributed by atoms with van der Waals surface area (Å²) in [6.45, 7) is 1.93. The minimum atomic E-state index is -0.230. The fourth-order valence-corrected chi connectivity index (χ4v) is 1.67. The first-order chi connectivity index (χ1) is 9.20. The van der Waals surface area contributed by atoms with Crippen LogP contribution in [-0.4, -0.2) is 22.9 Å². The summed E-state index contributed by atoms with van der Waals surface area (Å²) in [5.74, 6) is 0.402. The molecule has 2 N–H and O–H groups in total. The van der Waals surface area contributed by atoms with E-state index in [4.69, 9.17) is 0 Å². The predicted octanol–water partition coefficient (Wildman–Crippen LogP) is 2.01. The minimum absolute atomic E-state index is 0.0699. The smallest absolute Gasteiger partial charge is 0.271 e. The van der Waals surface area contributed by atoms with Crippen molar-refractivity contribution in [1.82, 2.24) is 15.3 Å². The summed E-state index contributed by atoms with van der Waals surface area (Å²) in [4.78, 5) is 20.1. The number of hydrogen-bond donors (Lipinski definition) is 2. The Balaban J connectivity index is 2.04. The highest BCUT2D eigenvalue weighted by Crippen LogP contribution is 2.11. The van der Waals surface area contributed by atoms with Gasteiger partial charge < -0.3 is 10.6 Å². The van der Waals surface area contributed by atoms with Gasteiger partial charge in [0.25, 0.3) is 5.91 Å². The van der Waals surface area contributed by atoms with E-state index in [0.717, 1.165) is 5.56 Å². The van der Waals surface area contributed by atoms with Crippen LogP contribution >= 0.6 is 0 Å². The first-order valence-corrected chi connectivity index (χ1v) is 6.06. The normalized spacial score (nSPS) is 11.7. The summed E-state index contributed by atoms with van der Waals surface area (Å²) in [7, 11) is 1.75. The number of carbonyl (C=O) groups excluding carboxylic acids is 1. The molecule has 98 valence electrons. The lowest BCUT2D eigenvalue weighted by molar-refractivity contribution is 0.0934. The molecule has 0 aliphatic carbocycles. The summed E-state index contributed by atoms with van der Waals surface area (Å²) in [6, 6.07) is 9.71. The first-order valence-electron chi connectivity index (χ1n) is 6.06. The zero-order valence-corrected chi connectivity index (χ0v) is 10.9. The highest BCUT2D eigenvalue weighted by Gasteiger charge is 2.12. The van der Waals surface area contributed by atoms with Gasteiger partial charge in [-0.05, 0) is 12.5 Å². The molecule has 0 aliphatic heterocycles. The van der Waals surface area contributed by atoms with E-state index in [1.54, 1.807) is 7.05 Å². The Labute approximate surface area is 112 Å². The molecule has 0 saturated carbocycles. The largest absolute Gasteiger partial charge is 0.372 e. The van der Waals surface area contributed by atoms with Crippen molar-refractivity contribution < 1.29 is 4.79 Å². The minimum Gasteiger partial charge on any atom is -0.372 e. The van der Waals surface area contributed by atoms with Gasteiger partial charge in [-0.15, -0.1) is 0 Å². The van der Waals surface area contributed by atoms with Crippen LogP contribution in [0.1, 0.15) is 29.0 Å². The van der Waals surface area contributed by atoms with E-state index in [1.807, 2.05) is 37.3 Å². The molecule has 1 amide bonds. The monoisotopic (exact) mass is 256 g/mol.